The molecule has 1 aromatic rings. The first kappa shape index (κ1) is 10.5. The first-order chi connectivity index (χ1) is 6.32. The molecule has 4 heteroatoms. The summed E-state index contributed by atoms with van der Waals surface area (Å²) in [5, 5.41) is 0. The number of carbonyl (C=O) groups excluding carboxylic acids is 1. The highest BCUT2D eigenvalue weighted by molar-refractivity contribution is 5.97. The summed E-state index contributed by atoms with van der Waals surface area (Å²) >= 11 is 0. The van der Waals surface area contributed by atoms with Crippen LogP contribution in [0, 0.1) is 0 Å². The van der Waals surface area contributed by atoms with E-state index in [1.54, 1.807) is 12.3 Å². The molecule has 1 aromatic heterocycles. The summed E-state index contributed by atoms with van der Waals surface area (Å²) < 4.78 is 0. The van der Waals surface area contributed by atoms with Gasteiger partial charge in [-0.05, 0) is 17.0 Å². The number of aromatic nitrogens is 1. The Kier molecular flexibility index (Phi) is 2.47. The molecule has 14 heavy (non-hydrogen) atoms. The largest absolute Gasteiger partial charge is 0.383 e. The van der Waals surface area contributed by atoms with Crippen molar-refractivity contribution in [2.45, 2.75) is 26.2 Å². The molecule has 1 rings (SSSR count). The molecule has 0 radical (unpaired) electrons. The number of carbonyl (C=O) groups is 1. The van der Waals surface area contributed by atoms with E-state index in [2.05, 4.69) is 4.98 Å². The highest BCUT2D eigenvalue weighted by Gasteiger charge is 2.17. The summed E-state index contributed by atoms with van der Waals surface area (Å²) in [5.74, 6) is -0.355. The van der Waals surface area contributed by atoms with E-state index < -0.39 is 5.91 Å². The van der Waals surface area contributed by atoms with Crippen molar-refractivity contribution in [1.29, 1.82) is 0 Å². The van der Waals surface area contributed by atoms with Gasteiger partial charge in [-0.2, -0.15) is 0 Å². The van der Waals surface area contributed by atoms with Gasteiger partial charge in [-0.3, -0.25) is 4.79 Å². The van der Waals surface area contributed by atoms with Gasteiger partial charge in [0.15, 0.2) is 0 Å². The van der Waals surface area contributed by atoms with Crippen LogP contribution in [-0.4, -0.2) is 10.9 Å². The van der Waals surface area contributed by atoms with Crippen molar-refractivity contribution in [3.05, 3.63) is 23.4 Å². The third-order valence-electron chi connectivity index (χ3n) is 2.05. The van der Waals surface area contributed by atoms with Gasteiger partial charge in [0.25, 0.3) is 5.91 Å². The van der Waals surface area contributed by atoms with E-state index in [0.29, 0.717) is 0 Å². The molecule has 4 nitrogen and oxygen atoms in total. The minimum absolute atomic E-state index is 0.0646. The lowest BCUT2D eigenvalue weighted by Crippen LogP contribution is -2.18. The van der Waals surface area contributed by atoms with Crippen LogP contribution in [0.25, 0.3) is 0 Å². The van der Waals surface area contributed by atoms with Gasteiger partial charge in [0.1, 0.15) is 5.82 Å². The van der Waals surface area contributed by atoms with E-state index in [1.165, 1.54) is 0 Å². The molecule has 1 heterocycles. The predicted octanol–water partition coefficient (Wildman–Crippen LogP) is 1.06. The van der Waals surface area contributed by atoms with Gasteiger partial charge in [0.05, 0.1) is 5.56 Å². The standard InChI is InChI=1S/C10H15N3O/c1-10(2,3)6-4-7(9(12)14)8(11)13-5-6/h4-5H,1-3H3,(H2,11,13)(H2,12,14). The molecule has 0 saturated carbocycles. The molecule has 1 amide bonds. The fraction of sp³-hybridized carbons (Fsp3) is 0.400. The number of amides is 1. The van der Waals surface area contributed by atoms with Crippen LogP contribution in [0.5, 0.6) is 0 Å². The number of anilines is 1. The van der Waals surface area contributed by atoms with Crippen molar-refractivity contribution >= 4 is 11.7 Å². The van der Waals surface area contributed by atoms with Gasteiger partial charge >= 0.3 is 0 Å². The van der Waals surface area contributed by atoms with E-state index >= 15 is 0 Å². The predicted molar refractivity (Wildman–Crippen MR) is 55.9 cm³/mol. The Hall–Kier alpha value is -1.58. The number of nitrogens with zero attached hydrogens (tertiary/aromatic N) is 1. The van der Waals surface area contributed by atoms with Gasteiger partial charge in [0, 0.05) is 6.20 Å². The van der Waals surface area contributed by atoms with Crippen molar-refractivity contribution in [2.75, 3.05) is 5.73 Å². The van der Waals surface area contributed by atoms with Crippen LogP contribution in [-0.2, 0) is 5.41 Å². The lowest BCUT2D eigenvalue weighted by molar-refractivity contribution is 0.100. The normalized spacial score (nSPS) is 11.4. The Morgan fingerprint density at radius 3 is 2.43 bits per heavy atom. The molecule has 0 unspecified atom stereocenters. The SMILES string of the molecule is CC(C)(C)c1cnc(N)c(C(N)=O)c1. The Balaban J connectivity index is 3.27. The average molecular weight is 193 g/mol. The minimum atomic E-state index is -0.541. The third-order valence-corrected chi connectivity index (χ3v) is 2.05. The van der Waals surface area contributed by atoms with Crippen LogP contribution in [0.4, 0.5) is 5.82 Å². The zero-order valence-corrected chi connectivity index (χ0v) is 8.66. The van der Waals surface area contributed by atoms with Crippen molar-refractivity contribution in [2.24, 2.45) is 5.73 Å². The monoisotopic (exact) mass is 193 g/mol. The molecule has 0 aromatic carbocycles. The topological polar surface area (TPSA) is 82.0 Å². The van der Waals surface area contributed by atoms with Crippen LogP contribution >= 0.6 is 0 Å². The van der Waals surface area contributed by atoms with Crippen LogP contribution in [0.1, 0.15) is 36.7 Å². The average Bonchev–Trinajstić information content (AvgIpc) is 2.02. The maximum absolute atomic E-state index is 11.0. The van der Waals surface area contributed by atoms with Gasteiger partial charge in [-0.25, -0.2) is 4.98 Å². The van der Waals surface area contributed by atoms with Crippen molar-refractivity contribution in [3.63, 3.8) is 0 Å². The molecule has 0 spiro atoms. The highest BCUT2D eigenvalue weighted by Crippen LogP contribution is 2.23. The zero-order chi connectivity index (χ0) is 10.9. The van der Waals surface area contributed by atoms with Crippen molar-refractivity contribution in [3.8, 4) is 0 Å². The number of nitrogen functional groups attached to an aromatic ring is 1. The van der Waals surface area contributed by atoms with E-state index in [0.717, 1.165) is 5.56 Å². The smallest absolute Gasteiger partial charge is 0.252 e. The van der Waals surface area contributed by atoms with Crippen LogP contribution in [0.3, 0.4) is 0 Å². The van der Waals surface area contributed by atoms with Gasteiger partial charge in [-0.1, -0.05) is 20.8 Å². The van der Waals surface area contributed by atoms with E-state index in [4.69, 9.17) is 11.5 Å². The molecule has 0 aliphatic heterocycles. The lowest BCUT2D eigenvalue weighted by Gasteiger charge is -2.19. The van der Waals surface area contributed by atoms with Gasteiger partial charge < -0.3 is 11.5 Å². The second kappa shape index (κ2) is 3.29. The zero-order valence-electron chi connectivity index (χ0n) is 8.66. The second-order valence-corrected chi connectivity index (χ2v) is 4.27. The first-order valence-corrected chi connectivity index (χ1v) is 4.38. The second-order valence-electron chi connectivity index (χ2n) is 4.27. The molecule has 0 saturated heterocycles. The quantitative estimate of drug-likeness (QED) is 0.699. The van der Waals surface area contributed by atoms with Crippen molar-refractivity contribution < 1.29 is 4.79 Å². The van der Waals surface area contributed by atoms with E-state index in [-0.39, 0.29) is 16.8 Å². The molecule has 0 fully saturated rings. The summed E-state index contributed by atoms with van der Waals surface area (Å²) in [7, 11) is 0. The molecule has 76 valence electrons. The molecule has 0 atom stereocenters. The highest BCUT2D eigenvalue weighted by atomic mass is 16.1. The first-order valence-electron chi connectivity index (χ1n) is 4.38. The van der Waals surface area contributed by atoms with Crippen molar-refractivity contribution in [1.82, 2.24) is 4.98 Å². The summed E-state index contributed by atoms with van der Waals surface area (Å²) in [6.45, 7) is 6.10. The number of primary amides is 1. The maximum Gasteiger partial charge on any atom is 0.252 e. The Labute approximate surface area is 83.3 Å². The minimum Gasteiger partial charge on any atom is -0.383 e. The van der Waals surface area contributed by atoms with E-state index in [9.17, 15) is 4.79 Å². The van der Waals surface area contributed by atoms with Crippen LogP contribution in [0.2, 0.25) is 0 Å². The van der Waals surface area contributed by atoms with Crippen LogP contribution in [0.15, 0.2) is 12.3 Å². The summed E-state index contributed by atoms with van der Waals surface area (Å²) in [5.41, 5.74) is 11.9. The Morgan fingerprint density at radius 2 is 2.00 bits per heavy atom. The lowest BCUT2D eigenvalue weighted by atomic mass is 9.87. The Morgan fingerprint density at radius 1 is 1.43 bits per heavy atom. The third kappa shape index (κ3) is 2.02. The molecule has 0 aliphatic carbocycles. The van der Waals surface area contributed by atoms with E-state index in [1.807, 2.05) is 20.8 Å². The number of rotatable bonds is 1. The number of pyridine rings is 1. The molecular formula is C10H15N3O. The summed E-state index contributed by atoms with van der Waals surface area (Å²) in [6.07, 6.45) is 1.67. The van der Waals surface area contributed by atoms with Gasteiger partial charge in [0.2, 0.25) is 0 Å². The molecule has 0 aliphatic rings. The Bertz CT molecular complexity index is 366. The van der Waals surface area contributed by atoms with Gasteiger partial charge in [-0.15, -0.1) is 0 Å². The number of hydrogen-bond acceptors (Lipinski definition) is 3. The summed E-state index contributed by atoms with van der Waals surface area (Å²) in [6, 6.07) is 1.70. The fourth-order valence-electron chi connectivity index (χ4n) is 1.08. The molecule has 4 N–H and O–H groups in total. The fourth-order valence-corrected chi connectivity index (χ4v) is 1.08. The summed E-state index contributed by atoms with van der Waals surface area (Å²) in [4.78, 5) is 14.9. The van der Waals surface area contributed by atoms with Crippen LogP contribution < -0.4 is 11.5 Å². The molecular weight excluding hydrogens is 178 g/mol. The number of nitrogens with two attached hydrogens (primary N) is 2. The molecule has 0 bridgehead atoms. The maximum atomic E-state index is 11.0. The number of hydrogen-bond donors (Lipinski definition) is 2.